The van der Waals surface area contributed by atoms with Crippen LogP contribution in [0.25, 0.3) is 0 Å². The maximum atomic E-state index is 12.1. The van der Waals surface area contributed by atoms with Crippen LogP contribution in [0.3, 0.4) is 0 Å². The molecular weight excluding hydrogens is 290 g/mol. The Labute approximate surface area is 126 Å². The van der Waals surface area contributed by atoms with E-state index < -0.39 is 22.8 Å². The van der Waals surface area contributed by atoms with Crippen LogP contribution in [0.1, 0.15) is 19.3 Å². The Kier molecular flexibility index (Phi) is 5.05. The number of aliphatic carboxylic acids is 1. The minimum absolute atomic E-state index is 0.0942. The van der Waals surface area contributed by atoms with Crippen molar-refractivity contribution in [2.45, 2.75) is 25.3 Å². The second-order valence-corrected chi connectivity index (χ2v) is 5.14. The molecule has 1 aliphatic rings. The summed E-state index contributed by atoms with van der Waals surface area (Å²) in [5, 5.41) is 22.5. The molecule has 22 heavy (non-hydrogen) atoms. The zero-order valence-electron chi connectivity index (χ0n) is 11.9. The first-order chi connectivity index (χ1) is 10.5. The standard InChI is InChI=1S/C14H17N3O5/c18-13(9-16-8-4-3-7-12(16)14(19)20)15-10-5-1-2-6-11(10)17(21)22/h1-2,5-6,12H,3-4,7-9H2,(H,15,18)(H,19,20). The minimum Gasteiger partial charge on any atom is -0.480 e. The zero-order chi connectivity index (χ0) is 16.1. The van der Waals surface area contributed by atoms with Crippen molar-refractivity contribution in [3.63, 3.8) is 0 Å². The van der Waals surface area contributed by atoms with Crippen molar-refractivity contribution in [1.29, 1.82) is 0 Å². The predicted octanol–water partition coefficient (Wildman–Crippen LogP) is 1.47. The molecule has 1 aliphatic heterocycles. The maximum absolute atomic E-state index is 12.1. The molecule has 2 N–H and O–H groups in total. The SMILES string of the molecule is O=C(CN1CCCCC1C(=O)O)Nc1ccccc1[N+](=O)[O-]. The number of carbonyl (C=O) groups excluding carboxylic acids is 1. The molecular formula is C14H17N3O5. The van der Waals surface area contributed by atoms with E-state index in [1.807, 2.05) is 0 Å². The smallest absolute Gasteiger partial charge is 0.320 e. The van der Waals surface area contributed by atoms with Crippen LogP contribution in [-0.2, 0) is 9.59 Å². The highest BCUT2D eigenvalue weighted by Gasteiger charge is 2.30. The predicted molar refractivity (Wildman–Crippen MR) is 78.6 cm³/mol. The Morgan fingerprint density at radius 3 is 2.77 bits per heavy atom. The average molecular weight is 307 g/mol. The molecule has 1 aromatic carbocycles. The van der Waals surface area contributed by atoms with Crippen LogP contribution in [0.5, 0.6) is 0 Å². The van der Waals surface area contributed by atoms with Gasteiger partial charge in [0.05, 0.1) is 11.5 Å². The Morgan fingerprint density at radius 1 is 1.36 bits per heavy atom. The van der Waals surface area contributed by atoms with Gasteiger partial charge in [0.25, 0.3) is 5.69 Å². The van der Waals surface area contributed by atoms with Crippen molar-refractivity contribution in [3.05, 3.63) is 34.4 Å². The molecule has 1 aromatic rings. The molecule has 0 aromatic heterocycles. The van der Waals surface area contributed by atoms with Gasteiger partial charge in [-0.3, -0.25) is 24.6 Å². The summed E-state index contributed by atoms with van der Waals surface area (Å²) in [6.07, 6.45) is 2.16. The quantitative estimate of drug-likeness (QED) is 0.629. The van der Waals surface area contributed by atoms with Crippen molar-refractivity contribution in [3.8, 4) is 0 Å². The highest BCUT2D eigenvalue weighted by atomic mass is 16.6. The minimum atomic E-state index is -0.946. The van der Waals surface area contributed by atoms with Gasteiger partial charge in [0, 0.05) is 6.07 Å². The first-order valence-corrected chi connectivity index (χ1v) is 6.99. The number of nitrogens with zero attached hydrogens (tertiary/aromatic N) is 2. The molecule has 1 unspecified atom stereocenters. The summed E-state index contributed by atoms with van der Waals surface area (Å²) in [7, 11) is 0. The van der Waals surface area contributed by atoms with Crippen molar-refractivity contribution in [1.82, 2.24) is 4.90 Å². The summed E-state index contributed by atoms with van der Waals surface area (Å²) in [6, 6.07) is 5.17. The summed E-state index contributed by atoms with van der Waals surface area (Å²) in [5.41, 5.74) is -0.0781. The molecule has 1 fully saturated rings. The van der Waals surface area contributed by atoms with Gasteiger partial charge in [-0.05, 0) is 25.5 Å². The van der Waals surface area contributed by atoms with Crippen LogP contribution in [0.15, 0.2) is 24.3 Å². The van der Waals surface area contributed by atoms with E-state index in [4.69, 9.17) is 5.11 Å². The van der Waals surface area contributed by atoms with Crippen LogP contribution in [0.4, 0.5) is 11.4 Å². The molecule has 0 radical (unpaired) electrons. The highest BCUT2D eigenvalue weighted by molar-refractivity contribution is 5.94. The number of likely N-dealkylation sites (tertiary alicyclic amines) is 1. The van der Waals surface area contributed by atoms with Gasteiger partial charge in [-0.1, -0.05) is 18.6 Å². The average Bonchev–Trinajstić information content (AvgIpc) is 2.47. The first kappa shape index (κ1) is 15.9. The third-order valence-electron chi connectivity index (χ3n) is 3.62. The summed E-state index contributed by atoms with van der Waals surface area (Å²) < 4.78 is 0. The Bertz CT molecular complexity index is 590. The molecule has 2 rings (SSSR count). The monoisotopic (exact) mass is 307 g/mol. The number of nitro groups is 1. The van der Waals surface area contributed by atoms with Crippen LogP contribution in [0.2, 0.25) is 0 Å². The van der Waals surface area contributed by atoms with Gasteiger partial charge < -0.3 is 10.4 Å². The van der Waals surface area contributed by atoms with Gasteiger partial charge in [-0.15, -0.1) is 0 Å². The number of rotatable bonds is 5. The van der Waals surface area contributed by atoms with E-state index in [0.29, 0.717) is 13.0 Å². The lowest BCUT2D eigenvalue weighted by Crippen LogP contribution is -2.47. The molecule has 1 atom stereocenters. The fourth-order valence-electron chi connectivity index (χ4n) is 2.57. The van der Waals surface area contributed by atoms with Crippen molar-refractivity contribution < 1.29 is 19.6 Å². The van der Waals surface area contributed by atoms with E-state index in [1.165, 1.54) is 18.2 Å². The van der Waals surface area contributed by atoms with E-state index >= 15 is 0 Å². The van der Waals surface area contributed by atoms with Crippen molar-refractivity contribution in [2.24, 2.45) is 0 Å². The molecule has 8 heteroatoms. The number of nitrogens with one attached hydrogen (secondary N) is 1. The number of hydrogen-bond acceptors (Lipinski definition) is 5. The third kappa shape index (κ3) is 3.79. The molecule has 118 valence electrons. The fraction of sp³-hybridized carbons (Fsp3) is 0.429. The number of hydrogen-bond donors (Lipinski definition) is 2. The van der Waals surface area contributed by atoms with Crippen LogP contribution < -0.4 is 5.32 Å². The summed E-state index contributed by atoms with van der Waals surface area (Å²) >= 11 is 0. The maximum Gasteiger partial charge on any atom is 0.320 e. The topological polar surface area (TPSA) is 113 Å². The normalized spacial score (nSPS) is 18.6. The third-order valence-corrected chi connectivity index (χ3v) is 3.62. The number of benzene rings is 1. The van der Waals surface area contributed by atoms with Crippen LogP contribution >= 0.6 is 0 Å². The second-order valence-electron chi connectivity index (χ2n) is 5.14. The zero-order valence-corrected chi connectivity index (χ0v) is 11.9. The van der Waals surface area contributed by atoms with E-state index in [1.54, 1.807) is 11.0 Å². The fourth-order valence-corrected chi connectivity index (χ4v) is 2.57. The lowest BCUT2D eigenvalue weighted by atomic mass is 10.0. The number of para-hydroxylation sites is 2. The number of nitro benzene ring substituents is 1. The molecule has 0 saturated carbocycles. The van der Waals surface area contributed by atoms with E-state index in [0.717, 1.165) is 12.8 Å². The largest absolute Gasteiger partial charge is 0.480 e. The molecule has 1 amide bonds. The van der Waals surface area contributed by atoms with E-state index in [9.17, 15) is 19.7 Å². The van der Waals surface area contributed by atoms with Crippen LogP contribution in [-0.4, -0.2) is 45.9 Å². The van der Waals surface area contributed by atoms with Crippen molar-refractivity contribution in [2.75, 3.05) is 18.4 Å². The Balaban J connectivity index is 2.04. The number of carboxylic acids is 1. The Morgan fingerprint density at radius 2 is 2.09 bits per heavy atom. The van der Waals surface area contributed by atoms with Gasteiger partial charge in [0.15, 0.2) is 0 Å². The molecule has 0 spiro atoms. The Hall–Kier alpha value is -2.48. The lowest BCUT2D eigenvalue weighted by Gasteiger charge is -2.32. The van der Waals surface area contributed by atoms with Gasteiger partial charge >= 0.3 is 5.97 Å². The number of amides is 1. The molecule has 0 aliphatic carbocycles. The molecule has 1 saturated heterocycles. The van der Waals surface area contributed by atoms with Crippen molar-refractivity contribution >= 4 is 23.3 Å². The van der Waals surface area contributed by atoms with Crippen LogP contribution in [0, 0.1) is 10.1 Å². The van der Waals surface area contributed by atoms with Gasteiger partial charge in [0.1, 0.15) is 11.7 Å². The molecule has 0 bridgehead atoms. The first-order valence-electron chi connectivity index (χ1n) is 6.99. The molecule has 1 heterocycles. The second kappa shape index (κ2) is 6.99. The van der Waals surface area contributed by atoms with Gasteiger partial charge in [-0.2, -0.15) is 0 Å². The van der Waals surface area contributed by atoms with E-state index in [-0.39, 0.29) is 17.9 Å². The number of carbonyl (C=O) groups is 2. The number of carboxylic acid groups (broad SMARTS) is 1. The van der Waals surface area contributed by atoms with Gasteiger partial charge in [0.2, 0.25) is 5.91 Å². The van der Waals surface area contributed by atoms with E-state index in [2.05, 4.69) is 5.32 Å². The molecule has 8 nitrogen and oxygen atoms in total. The lowest BCUT2D eigenvalue weighted by molar-refractivity contribution is -0.383. The highest BCUT2D eigenvalue weighted by Crippen LogP contribution is 2.23. The summed E-state index contributed by atoms with van der Waals surface area (Å²) in [5.74, 6) is -1.40. The summed E-state index contributed by atoms with van der Waals surface area (Å²) in [6.45, 7) is 0.435. The number of piperidine rings is 1. The number of anilines is 1. The van der Waals surface area contributed by atoms with Gasteiger partial charge in [-0.25, -0.2) is 0 Å². The summed E-state index contributed by atoms with van der Waals surface area (Å²) in [4.78, 5) is 35.2.